The first-order valence-electron chi connectivity index (χ1n) is 12.4. The van der Waals surface area contributed by atoms with E-state index in [0.29, 0.717) is 6.42 Å². The summed E-state index contributed by atoms with van der Waals surface area (Å²) in [6.45, 7) is 3.65. The number of amides is 1. The van der Waals surface area contributed by atoms with Crippen LogP contribution in [0.5, 0.6) is 5.88 Å². The Morgan fingerprint density at radius 2 is 1.89 bits per heavy atom. The van der Waals surface area contributed by atoms with Gasteiger partial charge in [-0.2, -0.15) is 18.3 Å². The van der Waals surface area contributed by atoms with Gasteiger partial charge in [0.15, 0.2) is 11.4 Å². The molecule has 9 nitrogen and oxygen atoms in total. The highest BCUT2D eigenvalue weighted by molar-refractivity contribution is 6.06. The van der Waals surface area contributed by atoms with Gasteiger partial charge in [-0.25, -0.2) is 9.37 Å². The van der Waals surface area contributed by atoms with Crippen molar-refractivity contribution < 1.29 is 37.0 Å². The van der Waals surface area contributed by atoms with E-state index in [9.17, 15) is 32.3 Å². The molecule has 208 valence electrons. The highest BCUT2D eigenvalue weighted by Crippen LogP contribution is 2.43. The van der Waals surface area contributed by atoms with E-state index in [1.54, 1.807) is 6.92 Å². The monoisotopic (exact) mass is 541 g/mol. The van der Waals surface area contributed by atoms with Gasteiger partial charge in [-0.1, -0.05) is 6.92 Å². The molecular weight excluding hydrogens is 510 g/mol. The highest BCUT2D eigenvalue weighted by Gasteiger charge is 2.55. The lowest BCUT2D eigenvalue weighted by Gasteiger charge is -2.43. The van der Waals surface area contributed by atoms with Gasteiger partial charge in [-0.15, -0.1) is 0 Å². The molecule has 0 aromatic carbocycles. The van der Waals surface area contributed by atoms with Crippen LogP contribution in [0.4, 0.5) is 17.6 Å². The van der Waals surface area contributed by atoms with Gasteiger partial charge >= 0.3 is 6.18 Å². The number of ether oxygens (including phenoxy) is 1. The number of nitrogens with one attached hydrogen (secondary N) is 3. The molecule has 3 unspecified atom stereocenters. The summed E-state index contributed by atoms with van der Waals surface area (Å²) in [6, 6.07) is 0.683. The van der Waals surface area contributed by atoms with Crippen LogP contribution in [0.2, 0.25) is 0 Å². The molecule has 0 spiro atoms. The molecule has 2 aromatic rings. The van der Waals surface area contributed by atoms with Crippen molar-refractivity contribution in [3.05, 3.63) is 30.0 Å². The topological polar surface area (TPSA) is 129 Å². The normalized spacial score (nSPS) is 30.1. The molecule has 4 N–H and O–H groups in total. The molecule has 1 aliphatic carbocycles. The number of carbonyl (C=O) groups excluding carboxylic acids is 2. The number of hydrogen-bond donors (Lipinski definition) is 4. The molecule has 38 heavy (non-hydrogen) atoms. The van der Waals surface area contributed by atoms with E-state index in [0.717, 1.165) is 6.20 Å². The minimum atomic E-state index is -4.74. The molecule has 3 atom stereocenters. The number of carbonyl (C=O) groups is 2. The average Bonchev–Trinajstić information content (AvgIpc) is 3.35. The van der Waals surface area contributed by atoms with Gasteiger partial charge in [-0.3, -0.25) is 14.7 Å². The number of aromatic nitrogens is 3. The van der Waals surface area contributed by atoms with Crippen molar-refractivity contribution in [3.63, 3.8) is 0 Å². The van der Waals surface area contributed by atoms with Crippen LogP contribution in [0.3, 0.4) is 0 Å². The van der Waals surface area contributed by atoms with Crippen LogP contribution in [0, 0.1) is 17.2 Å². The number of nitrogens with zero attached hydrogens (tertiary/aromatic N) is 2. The quantitative estimate of drug-likeness (QED) is 0.327. The van der Waals surface area contributed by atoms with Crippen molar-refractivity contribution in [3.8, 4) is 17.0 Å². The molecule has 1 saturated carbocycles. The number of rotatable bonds is 6. The van der Waals surface area contributed by atoms with Crippen LogP contribution in [0.15, 0.2) is 18.5 Å². The molecule has 0 radical (unpaired) electrons. The third-order valence-electron chi connectivity index (χ3n) is 7.89. The van der Waals surface area contributed by atoms with Crippen LogP contribution < -0.4 is 15.4 Å². The average molecular weight is 542 g/mol. The maximum atomic E-state index is 14.7. The molecule has 0 bridgehead atoms. The molecule has 2 fully saturated rings. The largest absolute Gasteiger partial charge is 0.481 e. The van der Waals surface area contributed by atoms with E-state index >= 15 is 0 Å². The summed E-state index contributed by atoms with van der Waals surface area (Å²) in [5, 5.41) is 22.6. The number of pyridine rings is 1. The number of hydrogen-bond acceptors (Lipinski definition) is 7. The lowest BCUT2D eigenvalue weighted by Crippen LogP contribution is -2.59. The second-order valence-electron chi connectivity index (χ2n) is 10.5. The first kappa shape index (κ1) is 28.0. The summed E-state index contributed by atoms with van der Waals surface area (Å²) in [7, 11) is 1.38. The van der Waals surface area contributed by atoms with Gasteiger partial charge in [-0.05, 0) is 39.0 Å². The molecule has 2 aromatic heterocycles. The fourth-order valence-corrected chi connectivity index (χ4v) is 5.35. The van der Waals surface area contributed by atoms with Crippen LogP contribution in [-0.4, -0.2) is 69.5 Å². The molecular formula is C25H31F4N5O4. The van der Waals surface area contributed by atoms with E-state index in [-0.39, 0.29) is 48.1 Å². The minimum Gasteiger partial charge on any atom is -0.481 e. The predicted octanol–water partition coefficient (Wildman–Crippen LogP) is 3.16. The Morgan fingerprint density at radius 1 is 1.21 bits per heavy atom. The zero-order chi connectivity index (χ0) is 27.9. The Bertz CT molecular complexity index is 1190. The Labute approximate surface area is 216 Å². The van der Waals surface area contributed by atoms with Crippen molar-refractivity contribution in [1.82, 2.24) is 25.8 Å². The van der Waals surface area contributed by atoms with Crippen LogP contribution in [-0.2, 0) is 4.79 Å². The number of halogens is 4. The summed E-state index contributed by atoms with van der Waals surface area (Å²) in [6.07, 6.45) is -3.27. The molecule has 4 rings (SSSR count). The Kier molecular flexibility index (Phi) is 7.54. The fourth-order valence-electron chi connectivity index (χ4n) is 5.35. The number of ketones is 1. The maximum absolute atomic E-state index is 14.7. The molecule has 3 heterocycles. The summed E-state index contributed by atoms with van der Waals surface area (Å²) in [5.41, 5.74) is -3.78. The zero-order valence-electron chi connectivity index (χ0n) is 21.3. The molecule has 2 aliphatic rings. The smallest absolute Gasteiger partial charge is 0.417 e. The van der Waals surface area contributed by atoms with E-state index < -0.39 is 59.5 Å². The zero-order valence-corrected chi connectivity index (χ0v) is 21.3. The van der Waals surface area contributed by atoms with Crippen molar-refractivity contribution >= 4 is 11.7 Å². The second kappa shape index (κ2) is 10.3. The molecule has 1 saturated heterocycles. The number of alkyl halides is 3. The first-order valence-corrected chi connectivity index (χ1v) is 12.4. The van der Waals surface area contributed by atoms with Gasteiger partial charge in [0.1, 0.15) is 11.5 Å². The summed E-state index contributed by atoms with van der Waals surface area (Å²) < 4.78 is 59.3. The number of aromatic amines is 1. The first-order chi connectivity index (χ1) is 17.8. The number of piperidine rings is 1. The van der Waals surface area contributed by atoms with E-state index in [4.69, 9.17) is 4.74 Å². The third kappa shape index (κ3) is 5.13. The molecule has 13 heteroatoms. The number of Topliss-reactive ketones (excluding diaryl/α,β-unsaturated/α-hetero) is 1. The van der Waals surface area contributed by atoms with Gasteiger partial charge in [0.25, 0.3) is 0 Å². The summed E-state index contributed by atoms with van der Waals surface area (Å²) >= 11 is 0. The standard InChI is InChI=1S/C25H31F4N5O4/c1-13-8-17(22(36)33-14-4-6-24(37,7-5-14)25(27,28)29)23(2,12-31-13)21(35)20-16(10-32-34-20)15-9-19(38-3)30-11-18(15)26/h9-11,13-14,17,31,37H,4-8,12H2,1-3H3,(H,32,34)(H,33,36). The van der Waals surface area contributed by atoms with E-state index in [1.807, 2.05) is 6.92 Å². The number of H-pyrrole nitrogens is 1. The van der Waals surface area contributed by atoms with Gasteiger partial charge in [0.2, 0.25) is 11.8 Å². The molecule has 1 amide bonds. The van der Waals surface area contributed by atoms with Crippen molar-refractivity contribution in [2.75, 3.05) is 13.7 Å². The van der Waals surface area contributed by atoms with Crippen LogP contribution >= 0.6 is 0 Å². The molecule has 1 aliphatic heterocycles. The second-order valence-corrected chi connectivity index (χ2v) is 10.5. The Hall–Kier alpha value is -3.06. The number of methoxy groups -OCH3 is 1. The lowest BCUT2D eigenvalue weighted by molar-refractivity contribution is -0.270. The van der Waals surface area contributed by atoms with Crippen LogP contribution in [0.1, 0.15) is 56.4 Å². The predicted molar refractivity (Wildman–Crippen MR) is 128 cm³/mol. The highest BCUT2D eigenvalue weighted by atomic mass is 19.4. The van der Waals surface area contributed by atoms with E-state index in [1.165, 1.54) is 19.4 Å². The van der Waals surface area contributed by atoms with Gasteiger partial charge < -0.3 is 20.5 Å². The minimum absolute atomic E-state index is 0.0155. The van der Waals surface area contributed by atoms with Crippen molar-refractivity contribution in [2.24, 2.45) is 11.3 Å². The Balaban J connectivity index is 1.57. The van der Waals surface area contributed by atoms with Gasteiger partial charge in [0, 0.05) is 35.8 Å². The van der Waals surface area contributed by atoms with Crippen molar-refractivity contribution in [2.45, 2.75) is 69.8 Å². The van der Waals surface area contributed by atoms with Crippen molar-refractivity contribution in [1.29, 1.82) is 0 Å². The lowest BCUT2D eigenvalue weighted by atomic mass is 9.66. The third-order valence-corrected chi connectivity index (χ3v) is 7.89. The SMILES string of the molecule is COc1cc(-c2cn[nH]c2C(=O)C2(C)CNC(C)CC2C(=O)NC2CCC(O)(C(F)(F)F)CC2)c(F)cn1. The fraction of sp³-hybridized carbons (Fsp3) is 0.600. The number of aliphatic hydroxyl groups is 1. The van der Waals surface area contributed by atoms with E-state index in [2.05, 4.69) is 25.8 Å². The summed E-state index contributed by atoms with van der Waals surface area (Å²) in [4.78, 5) is 31.2. The van der Waals surface area contributed by atoms with Gasteiger partial charge in [0.05, 0.1) is 30.8 Å². The summed E-state index contributed by atoms with van der Waals surface area (Å²) in [5.74, 6) is -2.28. The Morgan fingerprint density at radius 3 is 2.53 bits per heavy atom. The maximum Gasteiger partial charge on any atom is 0.417 e. The van der Waals surface area contributed by atoms with Crippen LogP contribution in [0.25, 0.3) is 11.1 Å².